The molecular formula is C66H58N4O. The molecule has 1 aliphatic carbocycles. The van der Waals surface area contributed by atoms with Gasteiger partial charge in [0, 0.05) is 23.0 Å². The molecule has 3 heterocycles. The van der Waals surface area contributed by atoms with Gasteiger partial charge in [-0.15, -0.1) is 0 Å². The van der Waals surface area contributed by atoms with Crippen LogP contribution in [0.5, 0.6) is 11.5 Å². The molecule has 1 aliphatic rings. The molecule has 0 atom stereocenters. The van der Waals surface area contributed by atoms with Crippen LogP contribution in [-0.2, 0) is 16.2 Å². The molecule has 0 bridgehead atoms. The van der Waals surface area contributed by atoms with E-state index in [-0.39, 0.29) is 44.2 Å². The molecule has 0 N–H and O–H groups in total. The second-order valence-corrected chi connectivity index (χ2v) is 21.0. The van der Waals surface area contributed by atoms with E-state index >= 15 is 0 Å². The number of hydrogen-bond donors (Lipinski definition) is 0. The van der Waals surface area contributed by atoms with Gasteiger partial charge in [0.2, 0.25) is 0 Å². The fraction of sp³-hybridized carbons (Fsp3) is 0.182. The van der Waals surface area contributed by atoms with Crippen LogP contribution in [0.1, 0.15) is 91.7 Å². The van der Waals surface area contributed by atoms with E-state index in [0.717, 1.165) is 57.2 Å². The number of nitrogens with zero attached hydrogens (tertiary/aromatic N) is 4. The summed E-state index contributed by atoms with van der Waals surface area (Å²) in [4.78, 5) is 4.86. The Labute approximate surface area is 431 Å². The highest BCUT2D eigenvalue weighted by molar-refractivity contribution is 6.09. The first-order chi connectivity index (χ1) is 38.4. The smallest absolute Gasteiger partial charge is 0.269 e. The first kappa shape index (κ1) is 34.3. The number of aromatic nitrogens is 4. The number of para-hydroxylation sites is 3. The number of rotatable bonds is 8. The second kappa shape index (κ2) is 16.8. The van der Waals surface area contributed by atoms with E-state index < -0.39 is 60.4 Å². The highest BCUT2D eigenvalue weighted by Crippen LogP contribution is 2.48. The maximum atomic E-state index is 9.49. The summed E-state index contributed by atoms with van der Waals surface area (Å²) in [6, 6.07) is 38.2. The molecule has 12 rings (SSSR count). The zero-order chi connectivity index (χ0) is 57.4. The van der Waals surface area contributed by atoms with Gasteiger partial charge in [-0.05, 0) is 140 Å². The van der Waals surface area contributed by atoms with E-state index in [1.807, 2.05) is 89.6 Å². The van der Waals surface area contributed by atoms with Crippen molar-refractivity contribution in [1.29, 1.82) is 0 Å². The van der Waals surface area contributed by atoms with E-state index in [1.54, 1.807) is 16.7 Å². The number of imidazole rings is 1. The summed E-state index contributed by atoms with van der Waals surface area (Å²) in [6.07, 6.45) is 7.34. The number of pyridine rings is 1. The van der Waals surface area contributed by atoms with Gasteiger partial charge in [-0.2, -0.15) is 0 Å². The van der Waals surface area contributed by atoms with Crippen molar-refractivity contribution in [3.8, 4) is 62.1 Å². The van der Waals surface area contributed by atoms with Crippen molar-refractivity contribution < 1.29 is 23.0 Å². The molecular weight excluding hydrogens is 865 g/mol. The lowest BCUT2D eigenvalue weighted by Crippen LogP contribution is -2.33. The lowest BCUT2D eigenvalue weighted by atomic mass is 9.63. The first-order valence-electron chi connectivity index (χ1n) is 29.2. The van der Waals surface area contributed by atoms with Crippen LogP contribution >= 0.6 is 0 Å². The Morgan fingerprint density at radius 1 is 0.577 bits per heavy atom. The highest BCUT2D eigenvalue weighted by atomic mass is 16.5. The Kier molecular flexibility index (Phi) is 8.14. The molecule has 5 heteroatoms. The van der Waals surface area contributed by atoms with Gasteiger partial charge in [0.15, 0.2) is 0 Å². The van der Waals surface area contributed by atoms with E-state index in [0.29, 0.717) is 33.8 Å². The lowest BCUT2D eigenvalue weighted by molar-refractivity contribution is -0.571. The Morgan fingerprint density at radius 3 is 1.94 bits per heavy atom. The largest absolute Gasteiger partial charge is 0.458 e. The average molecular weight is 933 g/mol. The van der Waals surface area contributed by atoms with Crippen molar-refractivity contribution in [3.63, 3.8) is 0 Å². The fourth-order valence-corrected chi connectivity index (χ4v) is 10.5. The van der Waals surface area contributed by atoms with Crippen LogP contribution in [0.4, 0.5) is 0 Å². The van der Waals surface area contributed by atoms with Crippen molar-refractivity contribution in [1.82, 2.24) is 14.1 Å². The molecule has 5 nitrogen and oxygen atoms in total. The highest BCUT2D eigenvalue weighted by Gasteiger charge is 2.37. The van der Waals surface area contributed by atoms with Crippen LogP contribution in [0.15, 0.2) is 200 Å². The topological polar surface area (TPSA) is 35.9 Å². The summed E-state index contributed by atoms with van der Waals surface area (Å²) in [6.45, 7) is 15.5. The van der Waals surface area contributed by atoms with Gasteiger partial charge >= 0.3 is 0 Å². The predicted molar refractivity (Wildman–Crippen MR) is 293 cm³/mol. The van der Waals surface area contributed by atoms with Gasteiger partial charge in [-0.1, -0.05) is 176 Å². The monoisotopic (exact) mass is 933 g/mol. The van der Waals surface area contributed by atoms with Gasteiger partial charge in [0.05, 0.1) is 47.1 Å². The number of benzene rings is 8. The Morgan fingerprint density at radius 2 is 1.23 bits per heavy atom. The Bertz CT molecular complexity index is 4310. The molecule has 0 amide bonds. The van der Waals surface area contributed by atoms with Crippen molar-refractivity contribution >= 4 is 32.8 Å². The molecule has 0 spiro atoms. The third kappa shape index (κ3) is 7.81. The lowest BCUT2D eigenvalue weighted by Gasteiger charge is -2.42. The molecule has 348 valence electrons. The van der Waals surface area contributed by atoms with E-state index in [2.05, 4.69) is 102 Å². The maximum absolute atomic E-state index is 9.49. The molecule has 71 heavy (non-hydrogen) atoms. The number of fused-ring (bicyclic) bond motifs is 5. The van der Waals surface area contributed by atoms with Gasteiger partial charge in [-0.25, -0.2) is 4.98 Å². The first-order valence-corrected chi connectivity index (χ1v) is 24.2. The summed E-state index contributed by atoms with van der Waals surface area (Å²) in [7, 11) is 0. The standard InChI is InChI=1S/C66H58N4O/c1-64(2,3)48-33-36-67-62(40-48)70-58-26-15-14-25-52(58)53-31-30-51(42-61(53)70)71-50-24-18-23-49(41-50)68-43-69(60-28-17-16-27-59(60)68)63-54(44-19-10-8-11-20-44)37-47(38-55(63)45-21-12-9-13-22-45)46-29-32-56-57(39-46)66(6,7)35-34-65(56,4)5/h8-33,36-42H,34-35H2,1-7H3/i8D,9D,10D,11D,12D,13D,19D,20D,21D,22D. The molecule has 0 saturated carbocycles. The SMILES string of the molecule is [2H]c1c([2H])c([2H])c(-c2cc(-c3ccc4c(c3)C(C)(C)CCC4(C)C)cc(-c3c([2H])c([2H])c([2H])c([2H])c3[2H])c2-[n+]2[c-]n(-c3cccc(Oc4ccc5c6ccccc6n(-c6cc(C(C)(C)C)ccn6)c5c4)c3)c3ccccc32)c([2H])c1[2H]. The summed E-state index contributed by atoms with van der Waals surface area (Å²) >= 11 is 0. The average Bonchev–Trinajstić information content (AvgIpc) is 3.50. The predicted octanol–water partition coefficient (Wildman–Crippen LogP) is 16.6. The van der Waals surface area contributed by atoms with Crippen LogP contribution in [0.2, 0.25) is 0 Å². The fourth-order valence-electron chi connectivity index (χ4n) is 10.5. The molecule has 0 unspecified atom stereocenters. The van der Waals surface area contributed by atoms with Crippen LogP contribution in [0.3, 0.4) is 0 Å². The van der Waals surface area contributed by atoms with Crippen molar-refractivity contribution in [2.24, 2.45) is 0 Å². The van der Waals surface area contributed by atoms with Crippen LogP contribution in [0.25, 0.3) is 83.4 Å². The summed E-state index contributed by atoms with van der Waals surface area (Å²) in [5, 5.41) is 2.13. The van der Waals surface area contributed by atoms with Gasteiger partial charge in [0.1, 0.15) is 17.3 Å². The Balaban J connectivity index is 1.08. The molecule has 0 aliphatic heterocycles. The molecule has 0 saturated heterocycles. The van der Waals surface area contributed by atoms with Gasteiger partial charge in [0.25, 0.3) is 6.33 Å². The zero-order valence-electron chi connectivity index (χ0n) is 50.9. The minimum Gasteiger partial charge on any atom is -0.458 e. The molecule has 0 radical (unpaired) electrons. The molecule has 8 aromatic carbocycles. The van der Waals surface area contributed by atoms with Crippen LogP contribution < -0.4 is 9.30 Å². The summed E-state index contributed by atoms with van der Waals surface area (Å²) in [5.74, 6) is 1.90. The van der Waals surface area contributed by atoms with Gasteiger partial charge in [-0.3, -0.25) is 13.7 Å². The van der Waals surface area contributed by atoms with E-state index in [4.69, 9.17) is 17.9 Å². The normalized spacial score (nSPS) is 16.2. The molecule has 0 fully saturated rings. The molecule has 3 aromatic heterocycles. The van der Waals surface area contributed by atoms with Crippen molar-refractivity contribution in [2.45, 2.75) is 77.6 Å². The maximum Gasteiger partial charge on any atom is 0.269 e. The summed E-state index contributed by atoms with van der Waals surface area (Å²) < 4.78 is 103. The third-order valence-corrected chi connectivity index (χ3v) is 14.4. The number of hydrogen-bond acceptors (Lipinski definition) is 2. The van der Waals surface area contributed by atoms with Gasteiger partial charge < -0.3 is 4.74 Å². The zero-order valence-corrected chi connectivity index (χ0v) is 40.9. The van der Waals surface area contributed by atoms with E-state index in [9.17, 15) is 5.48 Å². The quantitative estimate of drug-likeness (QED) is 0.112. The number of ether oxygens (including phenoxy) is 1. The van der Waals surface area contributed by atoms with Crippen LogP contribution in [0, 0.1) is 6.33 Å². The minimum atomic E-state index is -0.569. The van der Waals surface area contributed by atoms with Crippen LogP contribution in [-0.4, -0.2) is 14.1 Å². The second-order valence-electron chi connectivity index (χ2n) is 21.0. The third-order valence-electron chi connectivity index (χ3n) is 14.4. The van der Waals surface area contributed by atoms with E-state index in [1.165, 1.54) is 5.56 Å². The minimum absolute atomic E-state index is 0.0980. The summed E-state index contributed by atoms with van der Waals surface area (Å²) in [5.41, 5.74) is 8.42. The van der Waals surface area contributed by atoms with Crippen molar-refractivity contribution in [3.05, 3.63) is 223 Å². The Hall–Kier alpha value is -8.02. The molecule has 11 aromatic rings. The van der Waals surface area contributed by atoms with Crippen molar-refractivity contribution in [2.75, 3.05) is 0 Å².